The molecule has 6 heteroatoms. The van der Waals surface area contributed by atoms with Crippen molar-refractivity contribution in [3.63, 3.8) is 0 Å². The summed E-state index contributed by atoms with van der Waals surface area (Å²) in [5.41, 5.74) is 0.856. The van der Waals surface area contributed by atoms with Gasteiger partial charge in [0.2, 0.25) is 5.95 Å². The fourth-order valence-electron chi connectivity index (χ4n) is 1.71. The number of nitrogens with zero attached hydrogens (tertiary/aromatic N) is 3. The SMILES string of the molecule is CCCNC(CC)c1nc2ncc(F)nc2[nH]1. The van der Waals surface area contributed by atoms with Gasteiger partial charge in [-0.05, 0) is 19.4 Å². The highest BCUT2D eigenvalue weighted by Gasteiger charge is 2.14. The minimum atomic E-state index is -0.595. The van der Waals surface area contributed by atoms with Gasteiger partial charge in [-0.2, -0.15) is 9.37 Å². The van der Waals surface area contributed by atoms with E-state index in [4.69, 9.17) is 0 Å². The summed E-state index contributed by atoms with van der Waals surface area (Å²) in [5, 5.41) is 3.37. The summed E-state index contributed by atoms with van der Waals surface area (Å²) in [6, 6.07) is 0.133. The van der Waals surface area contributed by atoms with E-state index in [2.05, 4.69) is 39.1 Å². The second-order valence-electron chi connectivity index (χ2n) is 3.90. The summed E-state index contributed by atoms with van der Waals surface area (Å²) >= 11 is 0. The zero-order valence-electron chi connectivity index (χ0n) is 10.00. The summed E-state index contributed by atoms with van der Waals surface area (Å²) < 4.78 is 12.9. The smallest absolute Gasteiger partial charge is 0.233 e. The number of hydrogen-bond donors (Lipinski definition) is 2. The number of aromatic nitrogens is 4. The number of halogens is 1. The first-order valence-electron chi connectivity index (χ1n) is 5.86. The van der Waals surface area contributed by atoms with Gasteiger partial charge in [-0.15, -0.1) is 0 Å². The summed E-state index contributed by atoms with van der Waals surface area (Å²) in [4.78, 5) is 14.9. The molecule has 0 saturated heterocycles. The molecule has 17 heavy (non-hydrogen) atoms. The maximum atomic E-state index is 12.9. The van der Waals surface area contributed by atoms with Crippen molar-refractivity contribution in [2.75, 3.05) is 6.54 Å². The largest absolute Gasteiger partial charge is 0.324 e. The summed E-state index contributed by atoms with van der Waals surface area (Å²) in [5.74, 6) is 0.170. The van der Waals surface area contributed by atoms with Gasteiger partial charge >= 0.3 is 0 Å². The van der Waals surface area contributed by atoms with E-state index in [0.717, 1.165) is 31.4 Å². The summed E-state index contributed by atoms with van der Waals surface area (Å²) in [6.45, 7) is 5.10. The van der Waals surface area contributed by atoms with Crippen LogP contribution in [0.2, 0.25) is 0 Å². The van der Waals surface area contributed by atoms with E-state index < -0.39 is 5.95 Å². The highest BCUT2D eigenvalue weighted by molar-refractivity contribution is 5.64. The van der Waals surface area contributed by atoms with Crippen LogP contribution in [-0.2, 0) is 0 Å². The molecule has 0 fully saturated rings. The van der Waals surface area contributed by atoms with E-state index in [-0.39, 0.29) is 6.04 Å². The highest BCUT2D eigenvalue weighted by atomic mass is 19.1. The molecule has 0 aromatic carbocycles. The van der Waals surface area contributed by atoms with Gasteiger partial charge in [0.05, 0.1) is 12.2 Å². The van der Waals surface area contributed by atoms with Gasteiger partial charge in [-0.3, -0.25) is 0 Å². The first kappa shape index (κ1) is 11.9. The fourth-order valence-corrected chi connectivity index (χ4v) is 1.71. The average Bonchev–Trinajstić information content (AvgIpc) is 2.72. The van der Waals surface area contributed by atoms with Gasteiger partial charge < -0.3 is 10.3 Å². The number of fused-ring (bicyclic) bond motifs is 1. The van der Waals surface area contributed by atoms with Crippen LogP contribution >= 0.6 is 0 Å². The Morgan fingerprint density at radius 1 is 1.41 bits per heavy atom. The third-order valence-corrected chi connectivity index (χ3v) is 2.58. The van der Waals surface area contributed by atoms with Crippen LogP contribution in [0.25, 0.3) is 11.3 Å². The van der Waals surface area contributed by atoms with Crippen LogP contribution in [0.1, 0.15) is 38.6 Å². The van der Waals surface area contributed by atoms with E-state index >= 15 is 0 Å². The van der Waals surface area contributed by atoms with Gasteiger partial charge in [0.1, 0.15) is 5.82 Å². The Kier molecular flexibility index (Phi) is 3.63. The van der Waals surface area contributed by atoms with Crippen molar-refractivity contribution in [1.82, 2.24) is 25.3 Å². The lowest BCUT2D eigenvalue weighted by Crippen LogP contribution is -2.22. The van der Waals surface area contributed by atoms with Gasteiger partial charge in [0.25, 0.3) is 0 Å². The van der Waals surface area contributed by atoms with Gasteiger partial charge in [0.15, 0.2) is 11.3 Å². The van der Waals surface area contributed by atoms with Crippen LogP contribution in [0.15, 0.2) is 6.20 Å². The lowest BCUT2D eigenvalue weighted by atomic mass is 10.2. The van der Waals surface area contributed by atoms with Crippen molar-refractivity contribution in [2.24, 2.45) is 0 Å². The van der Waals surface area contributed by atoms with Crippen LogP contribution in [0, 0.1) is 5.95 Å². The molecule has 0 aliphatic carbocycles. The van der Waals surface area contributed by atoms with E-state index in [1.807, 2.05) is 0 Å². The third kappa shape index (κ3) is 2.58. The Labute approximate surface area is 98.9 Å². The van der Waals surface area contributed by atoms with Gasteiger partial charge in [-0.25, -0.2) is 9.97 Å². The Morgan fingerprint density at radius 3 is 2.94 bits per heavy atom. The fraction of sp³-hybridized carbons (Fsp3) is 0.545. The Bertz CT molecular complexity index is 496. The van der Waals surface area contributed by atoms with E-state index in [1.165, 1.54) is 0 Å². The quantitative estimate of drug-likeness (QED) is 0.834. The molecule has 1 atom stereocenters. The molecule has 1 unspecified atom stereocenters. The molecular weight excluding hydrogens is 221 g/mol. The van der Waals surface area contributed by atoms with Crippen molar-refractivity contribution in [2.45, 2.75) is 32.7 Å². The maximum Gasteiger partial charge on any atom is 0.233 e. The average molecular weight is 237 g/mol. The molecule has 0 spiro atoms. The van der Waals surface area contributed by atoms with Crippen molar-refractivity contribution in [1.29, 1.82) is 0 Å². The molecule has 0 bridgehead atoms. The summed E-state index contributed by atoms with van der Waals surface area (Å²) in [7, 11) is 0. The molecule has 2 N–H and O–H groups in total. The minimum Gasteiger partial charge on any atom is -0.324 e. The van der Waals surface area contributed by atoms with Crippen LogP contribution < -0.4 is 5.32 Å². The molecule has 0 saturated carbocycles. The molecular formula is C11H16FN5. The van der Waals surface area contributed by atoms with Gasteiger partial charge in [0, 0.05) is 0 Å². The van der Waals surface area contributed by atoms with E-state index in [1.54, 1.807) is 0 Å². The molecule has 0 aliphatic heterocycles. The normalized spacial score (nSPS) is 13.1. The van der Waals surface area contributed by atoms with Crippen molar-refractivity contribution in [3.8, 4) is 0 Å². The molecule has 0 radical (unpaired) electrons. The molecule has 0 amide bonds. The van der Waals surface area contributed by atoms with Crippen molar-refractivity contribution < 1.29 is 4.39 Å². The second kappa shape index (κ2) is 5.18. The predicted octanol–water partition coefficient (Wildman–Crippen LogP) is 1.94. The molecule has 0 aliphatic rings. The Hall–Kier alpha value is -1.56. The van der Waals surface area contributed by atoms with Crippen molar-refractivity contribution in [3.05, 3.63) is 18.0 Å². The number of rotatable bonds is 5. The molecule has 2 aromatic rings. The standard InChI is InChI=1S/C11H16FN5/c1-3-5-13-7(4-2)9-16-10-11(17-9)15-8(12)6-14-10/h6-7,13H,3-5H2,1-2H3,(H,14,15,16,17). The van der Waals surface area contributed by atoms with Crippen LogP contribution in [-0.4, -0.2) is 26.5 Å². The molecule has 2 aromatic heterocycles. The lowest BCUT2D eigenvalue weighted by molar-refractivity contribution is 0.499. The minimum absolute atomic E-state index is 0.133. The number of hydrogen-bond acceptors (Lipinski definition) is 4. The molecule has 92 valence electrons. The number of imidazole rings is 1. The molecule has 5 nitrogen and oxygen atoms in total. The monoisotopic (exact) mass is 237 g/mol. The zero-order chi connectivity index (χ0) is 12.3. The van der Waals surface area contributed by atoms with Gasteiger partial charge in [-0.1, -0.05) is 13.8 Å². The van der Waals surface area contributed by atoms with Crippen LogP contribution in [0.5, 0.6) is 0 Å². The predicted molar refractivity (Wildman–Crippen MR) is 63.0 cm³/mol. The van der Waals surface area contributed by atoms with E-state index in [9.17, 15) is 4.39 Å². The lowest BCUT2D eigenvalue weighted by Gasteiger charge is -2.13. The van der Waals surface area contributed by atoms with Crippen molar-refractivity contribution >= 4 is 11.3 Å². The summed E-state index contributed by atoms with van der Waals surface area (Å²) in [6.07, 6.45) is 3.04. The number of nitrogens with one attached hydrogen (secondary N) is 2. The van der Waals surface area contributed by atoms with E-state index in [0.29, 0.717) is 11.3 Å². The first-order valence-corrected chi connectivity index (χ1v) is 5.86. The maximum absolute atomic E-state index is 12.9. The molecule has 2 heterocycles. The van der Waals surface area contributed by atoms with Crippen LogP contribution in [0.3, 0.4) is 0 Å². The second-order valence-corrected chi connectivity index (χ2v) is 3.90. The van der Waals surface area contributed by atoms with Crippen LogP contribution in [0.4, 0.5) is 4.39 Å². The Morgan fingerprint density at radius 2 is 2.24 bits per heavy atom. The zero-order valence-corrected chi connectivity index (χ0v) is 10.00. The molecule has 2 rings (SSSR count). The first-order chi connectivity index (χ1) is 8.24. The third-order valence-electron chi connectivity index (χ3n) is 2.58. The number of H-pyrrole nitrogens is 1. The Balaban J connectivity index is 2.27. The number of aromatic amines is 1. The highest BCUT2D eigenvalue weighted by Crippen LogP contribution is 2.15. The topological polar surface area (TPSA) is 66.5 Å².